The number of ether oxygens (including phenoxy) is 1. The summed E-state index contributed by atoms with van der Waals surface area (Å²) in [6.07, 6.45) is 5.96. The summed E-state index contributed by atoms with van der Waals surface area (Å²) in [6, 6.07) is 12.9. The van der Waals surface area contributed by atoms with Crippen LogP contribution in [0.4, 0.5) is 0 Å². The van der Waals surface area contributed by atoms with Crippen molar-refractivity contribution in [1.29, 1.82) is 0 Å². The van der Waals surface area contributed by atoms with Crippen molar-refractivity contribution in [2.24, 2.45) is 0 Å². The molecule has 1 aliphatic carbocycles. The van der Waals surface area contributed by atoms with Gasteiger partial charge in [0.05, 0.1) is 7.11 Å². The van der Waals surface area contributed by atoms with Crippen LogP contribution in [0.25, 0.3) is 10.8 Å². The molecule has 1 amide bonds. The van der Waals surface area contributed by atoms with Crippen LogP contribution in [0.2, 0.25) is 0 Å². The first kappa shape index (κ1) is 14.9. The van der Waals surface area contributed by atoms with Gasteiger partial charge >= 0.3 is 0 Å². The van der Waals surface area contributed by atoms with Crippen molar-refractivity contribution >= 4 is 16.7 Å². The molecule has 3 nitrogen and oxygen atoms in total. The SMILES string of the molecule is COc1ccc2cccc(CCCC(=O)NC3CCC3)c2c1. The normalized spacial score (nSPS) is 14.6. The second-order valence-corrected chi connectivity index (χ2v) is 6.05. The molecule has 1 N–H and O–H groups in total. The molecule has 1 fully saturated rings. The number of amides is 1. The van der Waals surface area contributed by atoms with Gasteiger partial charge < -0.3 is 10.1 Å². The molecular formula is C19H23NO2. The van der Waals surface area contributed by atoms with Crippen LogP contribution in [0, 0.1) is 0 Å². The van der Waals surface area contributed by atoms with E-state index in [1.165, 1.54) is 22.8 Å². The van der Waals surface area contributed by atoms with Gasteiger partial charge in [0.2, 0.25) is 5.91 Å². The van der Waals surface area contributed by atoms with Gasteiger partial charge in [-0.25, -0.2) is 0 Å². The van der Waals surface area contributed by atoms with E-state index in [1.54, 1.807) is 7.11 Å². The van der Waals surface area contributed by atoms with Crippen molar-refractivity contribution in [1.82, 2.24) is 5.32 Å². The van der Waals surface area contributed by atoms with Gasteiger partial charge in [-0.1, -0.05) is 24.3 Å². The zero-order chi connectivity index (χ0) is 15.4. The summed E-state index contributed by atoms with van der Waals surface area (Å²) >= 11 is 0. The molecule has 1 aliphatic rings. The lowest BCUT2D eigenvalue weighted by Gasteiger charge is -2.26. The highest BCUT2D eigenvalue weighted by molar-refractivity contribution is 5.87. The Morgan fingerprint density at radius 1 is 1.27 bits per heavy atom. The fourth-order valence-corrected chi connectivity index (χ4v) is 2.95. The summed E-state index contributed by atoms with van der Waals surface area (Å²) in [6.45, 7) is 0. The van der Waals surface area contributed by atoms with Crippen LogP contribution >= 0.6 is 0 Å². The number of aryl methyl sites for hydroxylation is 1. The number of hydrogen-bond donors (Lipinski definition) is 1. The topological polar surface area (TPSA) is 38.3 Å². The summed E-state index contributed by atoms with van der Waals surface area (Å²) in [5.74, 6) is 1.07. The van der Waals surface area contributed by atoms with Crippen LogP contribution in [-0.4, -0.2) is 19.1 Å². The van der Waals surface area contributed by atoms with E-state index in [1.807, 2.05) is 6.07 Å². The number of hydrogen-bond acceptors (Lipinski definition) is 2. The van der Waals surface area contributed by atoms with E-state index in [2.05, 4.69) is 35.6 Å². The number of carbonyl (C=O) groups is 1. The number of rotatable bonds is 6. The van der Waals surface area contributed by atoms with Crippen LogP contribution in [-0.2, 0) is 11.2 Å². The van der Waals surface area contributed by atoms with Crippen LogP contribution in [0.5, 0.6) is 5.75 Å². The minimum Gasteiger partial charge on any atom is -0.497 e. The molecule has 22 heavy (non-hydrogen) atoms. The van der Waals surface area contributed by atoms with Crippen molar-refractivity contribution in [3.8, 4) is 5.75 Å². The second kappa shape index (κ2) is 6.82. The molecule has 1 saturated carbocycles. The Morgan fingerprint density at radius 2 is 2.14 bits per heavy atom. The smallest absolute Gasteiger partial charge is 0.220 e. The lowest BCUT2D eigenvalue weighted by atomic mass is 9.93. The lowest BCUT2D eigenvalue weighted by molar-refractivity contribution is -0.122. The average molecular weight is 297 g/mol. The van der Waals surface area contributed by atoms with Gasteiger partial charge in [-0.05, 0) is 60.6 Å². The van der Waals surface area contributed by atoms with E-state index in [0.29, 0.717) is 12.5 Å². The first-order valence-corrected chi connectivity index (χ1v) is 8.11. The average Bonchev–Trinajstić information content (AvgIpc) is 2.50. The van der Waals surface area contributed by atoms with E-state index in [-0.39, 0.29) is 5.91 Å². The van der Waals surface area contributed by atoms with Gasteiger partial charge in [-0.15, -0.1) is 0 Å². The highest BCUT2D eigenvalue weighted by atomic mass is 16.5. The zero-order valence-electron chi connectivity index (χ0n) is 13.1. The number of carbonyl (C=O) groups excluding carboxylic acids is 1. The number of nitrogens with one attached hydrogen (secondary N) is 1. The maximum absolute atomic E-state index is 11.9. The third kappa shape index (κ3) is 3.41. The Labute approximate surface area is 131 Å². The molecule has 0 heterocycles. The largest absolute Gasteiger partial charge is 0.497 e. The molecule has 116 valence electrons. The first-order valence-electron chi connectivity index (χ1n) is 8.11. The minimum absolute atomic E-state index is 0.197. The van der Waals surface area contributed by atoms with E-state index in [0.717, 1.165) is 31.4 Å². The molecule has 2 aromatic carbocycles. The maximum Gasteiger partial charge on any atom is 0.220 e. The molecule has 0 unspecified atom stereocenters. The highest BCUT2D eigenvalue weighted by Gasteiger charge is 2.18. The highest BCUT2D eigenvalue weighted by Crippen LogP contribution is 2.25. The van der Waals surface area contributed by atoms with Crippen LogP contribution in [0.3, 0.4) is 0 Å². The molecule has 0 saturated heterocycles. The van der Waals surface area contributed by atoms with Gasteiger partial charge in [0.1, 0.15) is 5.75 Å². The maximum atomic E-state index is 11.9. The minimum atomic E-state index is 0.197. The van der Waals surface area contributed by atoms with Crippen LogP contribution in [0.1, 0.15) is 37.7 Å². The Hall–Kier alpha value is -2.03. The first-order chi connectivity index (χ1) is 10.8. The second-order valence-electron chi connectivity index (χ2n) is 6.05. The van der Waals surface area contributed by atoms with E-state index in [9.17, 15) is 4.79 Å². The third-order valence-corrected chi connectivity index (χ3v) is 4.50. The van der Waals surface area contributed by atoms with Crippen molar-refractivity contribution in [3.05, 3.63) is 42.0 Å². The zero-order valence-corrected chi connectivity index (χ0v) is 13.1. The van der Waals surface area contributed by atoms with Crippen molar-refractivity contribution in [2.75, 3.05) is 7.11 Å². The summed E-state index contributed by atoms with van der Waals surface area (Å²) in [5.41, 5.74) is 1.29. The standard InChI is InChI=1S/C19H23NO2/c1-22-17-12-11-15-6-2-5-14(18(15)13-17)7-3-10-19(21)20-16-8-4-9-16/h2,5-6,11-13,16H,3-4,7-10H2,1H3,(H,20,21). The predicted octanol–water partition coefficient (Wildman–Crippen LogP) is 3.84. The molecule has 2 aromatic rings. The van der Waals surface area contributed by atoms with Gasteiger partial charge in [0.15, 0.2) is 0 Å². The van der Waals surface area contributed by atoms with Crippen molar-refractivity contribution in [3.63, 3.8) is 0 Å². The van der Waals surface area contributed by atoms with Crippen LogP contribution in [0.15, 0.2) is 36.4 Å². The number of benzene rings is 2. The fraction of sp³-hybridized carbons (Fsp3) is 0.421. The van der Waals surface area contributed by atoms with Crippen LogP contribution < -0.4 is 10.1 Å². The molecule has 0 bridgehead atoms. The fourth-order valence-electron chi connectivity index (χ4n) is 2.95. The van der Waals surface area contributed by atoms with E-state index in [4.69, 9.17) is 4.74 Å². The molecule has 0 atom stereocenters. The molecule has 3 rings (SSSR count). The summed E-state index contributed by atoms with van der Waals surface area (Å²) in [5, 5.41) is 5.54. The Kier molecular flexibility index (Phi) is 4.62. The van der Waals surface area contributed by atoms with Gasteiger partial charge in [0.25, 0.3) is 0 Å². The molecule has 0 spiro atoms. The lowest BCUT2D eigenvalue weighted by Crippen LogP contribution is -2.39. The van der Waals surface area contributed by atoms with Gasteiger partial charge in [-0.3, -0.25) is 4.79 Å². The molecule has 3 heteroatoms. The summed E-state index contributed by atoms with van der Waals surface area (Å²) in [7, 11) is 1.69. The Balaban J connectivity index is 1.61. The molecular weight excluding hydrogens is 274 g/mol. The Morgan fingerprint density at radius 3 is 2.86 bits per heavy atom. The van der Waals surface area contributed by atoms with Crippen molar-refractivity contribution < 1.29 is 9.53 Å². The van der Waals surface area contributed by atoms with E-state index >= 15 is 0 Å². The molecule has 0 radical (unpaired) electrons. The van der Waals surface area contributed by atoms with Gasteiger partial charge in [0, 0.05) is 12.5 Å². The quantitative estimate of drug-likeness (QED) is 0.879. The summed E-state index contributed by atoms with van der Waals surface area (Å²) < 4.78 is 5.32. The molecule has 0 aromatic heterocycles. The molecule has 0 aliphatic heterocycles. The van der Waals surface area contributed by atoms with E-state index < -0.39 is 0 Å². The number of fused-ring (bicyclic) bond motifs is 1. The monoisotopic (exact) mass is 297 g/mol. The Bertz CT molecular complexity index is 662. The van der Waals surface area contributed by atoms with Crippen molar-refractivity contribution in [2.45, 2.75) is 44.6 Å². The third-order valence-electron chi connectivity index (χ3n) is 4.50. The predicted molar refractivity (Wildman–Crippen MR) is 89.2 cm³/mol. The van der Waals surface area contributed by atoms with Gasteiger partial charge in [-0.2, -0.15) is 0 Å². The summed E-state index contributed by atoms with van der Waals surface area (Å²) in [4.78, 5) is 11.9. The number of methoxy groups -OCH3 is 1.